The minimum Gasteiger partial charge on any atom is -0.497 e. The summed E-state index contributed by atoms with van der Waals surface area (Å²) in [6.45, 7) is 7.80. The van der Waals surface area contributed by atoms with Gasteiger partial charge in [-0.3, -0.25) is 14.5 Å². The number of aryl methyl sites for hydroxylation is 1. The molecule has 3 heterocycles. The van der Waals surface area contributed by atoms with Gasteiger partial charge in [0.1, 0.15) is 11.5 Å². The number of methoxy groups -OCH3 is 1. The van der Waals surface area contributed by atoms with Crippen LogP contribution in [0.1, 0.15) is 48.5 Å². The Kier molecular flexibility index (Phi) is 10.1. The highest BCUT2D eigenvalue weighted by atomic mass is 28.3. The molecule has 0 radical (unpaired) electrons. The normalized spacial score (nSPS) is 23.0. The van der Waals surface area contributed by atoms with Crippen LogP contribution in [0.2, 0.25) is 18.6 Å². The van der Waals surface area contributed by atoms with Gasteiger partial charge in [-0.15, -0.1) is 0 Å². The summed E-state index contributed by atoms with van der Waals surface area (Å²) in [6.07, 6.45) is 3.55. The highest BCUT2D eigenvalue weighted by Crippen LogP contribution is 2.47. The first kappa shape index (κ1) is 35.0. The Morgan fingerprint density at radius 3 is 2.35 bits per heavy atom. The number of para-hydroxylation sites is 3. The number of hydrogen-bond acceptors (Lipinski definition) is 6. The van der Waals surface area contributed by atoms with Gasteiger partial charge in [-0.05, 0) is 91.2 Å². The second-order valence-corrected chi connectivity index (χ2v) is 19.4. The van der Waals surface area contributed by atoms with E-state index in [9.17, 15) is 14.7 Å². The number of nitrogens with zero attached hydrogens (tertiary/aromatic N) is 2. The van der Waals surface area contributed by atoms with Crippen LogP contribution in [0.4, 0.5) is 11.4 Å². The van der Waals surface area contributed by atoms with E-state index in [4.69, 9.17) is 14.2 Å². The van der Waals surface area contributed by atoms with E-state index in [1.807, 2.05) is 71.6 Å². The van der Waals surface area contributed by atoms with Crippen molar-refractivity contribution in [3.8, 4) is 17.2 Å². The van der Waals surface area contributed by atoms with E-state index in [0.29, 0.717) is 35.7 Å². The Hall–Kier alpha value is -4.44. The lowest BCUT2D eigenvalue weighted by molar-refractivity contribution is -0.135. The summed E-state index contributed by atoms with van der Waals surface area (Å²) in [5, 5.41) is 11.3. The molecule has 0 bridgehead atoms. The van der Waals surface area contributed by atoms with Gasteiger partial charge in [0.15, 0.2) is 5.75 Å². The highest BCUT2D eigenvalue weighted by molar-refractivity contribution is 6.91. The number of aliphatic hydroxyl groups excluding tert-OH is 1. The monoisotopic (exact) mass is 704 g/mol. The average Bonchev–Trinajstić information content (AvgIpc) is 3.73. The standard InChI is InChI=1S/C42H48N2O6Si/c1-28-36(49-39(26-40(46)43-25-9-10-31(43)27-45)41(28)51(3,4)33-22-20-32(48-2)21-23-33)24-17-29-15-18-30(19-16-29)44-35-12-6-8-14-38(35)50-37-13-7-5-11-34(37)42(44)47/h5-8,11-16,18-23,28,31,36,39,41,45H,9-10,17,24-27H2,1-4H3/t28-,31-,36+,39-,41+/m0/s1. The van der Waals surface area contributed by atoms with Crippen molar-refractivity contribution >= 4 is 36.4 Å². The molecule has 0 unspecified atom stereocenters. The van der Waals surface area contributed by atoms with Gasteiger partial charge in [-0.1, -0.05) is 73.7 Å². The molecular weight excluding hydrogens is 657 g/mol. The second-order valence-electron chi connectivity index (χ2n) is 14.7. The molecule has 2 saturated heterocycles. The molecule has 3 aliphatic heterocycles. The Morgan fingerprint density at radius 2 is 1.63 bits per heavy atom. The molecule has 1 N–H and O–H groups in total. The summed E-state index contributed by atoms with van der Waals surface area (Å²) in [4.78, 5) is 31.2. The lowest BCUT2D eigenvalue weighted by Crippen LogP contribution is -2.51. The topological polar surface area (TPSA) is 88.5 Å². The third kappa shape index (κ3) is 6.82. The second kappa shape index (κ2) is 14.7. The van der Waals surface area contributed by atoms with Gasteiger partial charge in [0.05, 0.1) is 57.7 Å². The summed E-state index contributed by atoms with van der Waals surface area (Å²) >= 11 is 0. The molecule has 0 aliphatic carbocycles. The van der Waals surface area contributed by atoms with E-state index in [-0.39, 0.29) is 48.1 Å². The van der Waals surface area contributed by atoms with E-state index >= 15 is 0 Å². The van der Waals surface area contributed by atoms with E-state index in [1.54, 1.807) is 18.1 Å². The predicted octanol–water partition coefficient (Wildman–Crippen LogP) is 7.47. The molecule has 0 aromatic heterocycles. The molecule has 0 saturated carbocycles. The Bertz CT molecular complexity index is 1860. The predicted molar refractivity (Wildman–Crippen MR) is 202 cm³/mol. The molecule has 3 aliphatic rings. The van der Waals surface area contributed by atoms with Gasteiger partial charge in [-0.25, -0.2) is 0 Å². The fourth-order valence-electron chi connectivity index (χ4n) is 8.67. The zero-order chi connectivity index (χ0) is 35.7. The van der Waals surface area contributed by atoms with Gasteiger partial charge in [0, 0.05) is 12.2 Å². The SMILES string of the molecule is COc1ccc([Si](C)(C)[C@@H]2[C@@H](C)[C@@H](CCc3ccc(N4C(=O)c5ccccc5Oc5ccccc54)cc3)O[C@H]2CC(=O)N2CCC[C@H]2CO)cc1. The van der Waals surface area contributed by atoms with Crippen molar-refractivity contribution in [3.63, 3.8) is 0 Å². The molecule has 2 fully saturated rings. The van der Waals surface area contributed by atoms with Crippen molar-refractivity contribution in [2.75, 3.05) is 25.2 Å². The minimum atomic E-state index is -2.13. The summed E-state index contributed by atoms with van der Waals surface area (Å²) in [5.74, 6) is 2.22. The Morgan fingerprint density at radius 1 is 0.922 bits per heavy atom. The molecule has 2 amide bonds. The molecule has 4 aromatic rings. The van der Waals surface area contributed by atoms with Crippen LogP contribution in [0.3, 0.4) is 0 Å². The van der Waals surface area contributed by atoms with Crippen LogP contribution in [0.15, 0.2) is 97.1 Å². The number of benzene rings is 4. The number of carbonyl (C=O) groups is 2. The van der Waals surface area contributed by atoms with Crippen LogP contribution < -0.4 is 19.6 Å². The van der Waals surface area contributed by atoms with E-state index in [0.717, 1.165) is 42.7 Å². The van der Waals surface area contributed by atoms with Gasteiger partial charge in [0.25, 0.3) is 5.91 Å². The quantitative estimate of drug-likeness (QED) is 0.172. The highest BCUT2D eigenvalue weighted by Gasteiger charge is 2.51. The largest absolute Gasteiger partial charge is 0.497 e. The third-order valence-corrected chi connectivity index (χ3v) is 15.8. The van der Waals surface area contributed by atoms with Crippen LogP contribution in [0.5, 0.6) is 17.2 Å². The smallest absolute Gasteiger partial charge is 0.266 e. The van der Waals surface area contributed by atoms with Gasteiger partial charge in [0.2, 0.25) is 5.91 Å². The molecule has 4 aromatic carbocycles. The first-order chi connectivity index (χ1) is 24.7. The number of aliphatic hydroxyl groups is 1. The zero-order valence-electron chi connectivity index (χ0n) is 30.0. The van der Waals surface area contributed by atoms with Crippen molar-refractivity contribution in [2.45, 2.75) is 75.9 Å². The van der Waals surface area contributed by atoms with Crippen molar-refractivity contribution in [1.82, 2.24) is 4.90 Å². The number of amides is 2. The van der Waals surface area contributed by atoms with Gasteiger partial charge < -0.3 is 24.2 Å². The third-order valence-electron chi connectivity index (χ3n) is 11.4. The van der Waals surface area contributed by atoms with Crippen LogP contribution in [-0.2, 0) is 16.0 Å². The Labute approximate surface area is 302 Å². The number of likely N-dealkylation sites (tertiary alicyclic amines) is 1. The van der Waals surface area contributed by atoms with Crippen molar-refractivity contribution in [2.24, 2.45) is 5.92 Å². The maximum absolute atomic E-state index is 13.9. The lowest BCUT2D eigenvalue weighted by atomic mass is 9.95. The molecular formula is C42H48N2O6Si. The number of carbonyl (C=O) groups excluding carboxylic acids is 2. The molecule has 5 atom stereocenters. The minimum absolute atomic E-state index is 0.00238. The fraction of sp³-hybridized carbons (Fsp3) is 0.381. The van der Waals surface area contributed by atoms with Crippen LogP contribution in [0, 0.1) is 5.92 Å². The van der Waals surface area contributed by atoms with E-state index < -0.39 is 8.07 Å². The first-order valence-corrected chi connectivity index (χ1v) is 21.3. The number of fused-ring (bicyclic) bond motifs is 2. The fourth-order valence-corrected chi connectivity index (χ4v) is 12.7. The van der Waals surface area contributed by atoms with Crippen molar-refractivity contribution in [1.29, 1.82) is 0 Å². The zero-order valence-corrected chi connectivity index (χ0v) is 31.0. The Balaban J connectivity index is 1.10. The summed E-state index contributed by atoms with van der Waals surface area (Å²) in [7, 11) is -0.446. The first-order valence-electron chi connectivity index (χ1n) is 18.2. The molecule has 266 valence electrons. The number of anilines is 2. The van der Waals surface area contributed by atoms with Gasteiger partial charge >= 0.3 is 0 Å². The van der Waals surface area contributed by atoms with Crippen molar-refractivity contribution in [3.05, 3.63) is 108 Å². The number of hydrogen-bond donors (Lipinski definition) is 1. The van der Waals surface area contributed by atoms with Gasteiger partial charge in [-0.2, -0.15) is 0 Å². The summed E-state index contributed by atoms with van der Waals surface area (Å²) < 4.78 is 18.5. The van der Waals surface area contributed by atoms with Crippen LogP contribution >= 0.6 is 0 Å². The van der Waals surface area contributed by atoms with Crippen LogP contribution in [0.25, 0.3) is 0 Å². The van der Waals surface area contributed by atoms with Crippen LogP contribution in [-0.4, -0.2) is 68.4 Å². The molecule has 0 spiro atoms. The average molecular weight is 705 g/mol. The molecule has 51 heavy (non-hydrogen) atoms. The van der Waals surface area contributed by atoms with E-state index in [2.05, 4.69) is 44.3 Å². The van der Waals surface area contributed by atoms with E-state index in [1.165, 1.54) is 5.19 Å². The van der Waals surface area contributed by atoms with Crippen molar-refractivity contribution < 1.29 is 28.9 Å². The lowest BCUT2D eigenvalue weighted by Gasteiger charge is -2.36. The summed E-state index contributed by atoms with van der Waals surface area (Å²) in [5.41, 5.74) is 3.39. The number of rotatable bonds is 10. The number of ether oxygens (including phenoxy) is 3. The summed E-state index contributed by atoms with van der Waals surface area (Å²) in [6, 6.07) is 31.5. The maximum Gasteiger partial charge on any atom is 0.266 e. The molecule has 9 heteroatoms. The molecule has 8 nitrogen and oxygen atoms in total. The maximum atomic E-state index is 13.9. The molecule has 7 rings (SSSR count).